The zero-order chi connectivity index (χ0) is 17.1. The quantitative estimate of drug-likeness (QED) is 0.932. The van der Waals surface area contributed by atoms with E-state index in [9.17, 15) is 9.59 Å². The predicted molar refractivity (Wildman–Crippen MR) is 88.7 cm³/mol. The van der Waals surface area contributed by atoms with E-state index >= 15 is 0 Å². The van der Waals surface area contributed by atoms with E-state index in [-0.39, 0.29) is 23.9 Å². The van der Waals surface area contributed by atoms with Crippen LogP contribution in [-0.2, 0) is 11.2 Å². The maximum absolute atomic E-state index is 12.8. The summed E-state index contributed by atoms with van der Waals surface area (Å²) in [5.74, 6) is 0.470. The van der Waals surface area contributed by atoms with Crippen LogP contribution in [0.15, 0.2) is 47.1 Å². The standard InChI is InChI=1S/C19H21NO4/c1-13-8-9-20(16(11-13)17-3-2-10-24-17)18(21)12-14-4-6-15(7-5-14)19(22)23/h2-7,10,13,16H,8-9,11-12H2,1H3,(H,22,23)/t13-,16-/m1/s1. The van der Waals surface area contributed by atoms with Gasteiger partial charge in [-0.2, -0.15) is 0 Å². The molecule has 2 heterocycles. The molecule has 1 aromatic heterocycles. The minimum atomic E-state index is -0.962. The van der Waals surface area contributed by atoms with E-state index < -0.39 is 5.97 Å². The van der Waals surface area contributed by atoms with Crippen molar-refractivity contribution in [3.8, 4) is 0 Å². The molecule has 1 aromatic carbocycles. The molecule has 3 rings (SSSR count). The number of furan rings is 1. The second-order valence-corrected chi connectivity index (χ2v) is 6.43. The summed E-state index contributed by atoms with van der Waals surface area (Å²) in [6, 6.07) is 10.2. The first-order valence-corrected chi connectivity index (χ1v) is 8.19. The van der Waals surface area contributed by atoms with Crippen LogP contribution < -0.4 is 0 Å². The topological polar surface area (TPSA) is 70.8 Å². The van der Waals surface area contributed by atoms with Gasteiger partial charge in [-0.1, -0.05) is 19.1 Å². The van der Waals surface area contributed by atoms with Crippen LogP contribution in [0.5, 0.6) is 0 Å². The van der Waals surface area contributed by atoms with Crippen molar-refractivity contribution in [3.63, 3.8) is 0 Å². The molecule has 0 bridgehead atoms. The Morgan fingerprint density at radius 1 is 1.25 bits per heavy atom. The first kappa shape index (κ1) is 16.3. The Labute approximate surface area is 140 Å². The summed E-state index contributed by atoms with van der Waals surface area (Å²) >= 11 is 0. The number of piperidine rings is 1. The molecule has 0 spiro atoms. The van der Waals surface area contributed by atoms with E-state index in [1.165, 1.54) is 12.1 Å². The van der Waals surface area contributed by atoms with Crippen LogP contribution >= 0.6 is 0 Å². The Morgan fingerprint density at radius 2 is 2.00 bits per heavy atom. The van der Waals surface area contributed by atoms with Crippen LogP contribution in [-0.4, -0.2) is 28.4 Å². The van der Waals surface area contributed by atoms with E-state index in [0.717, 1.165) is 30.7 Å². The van der Waals surface area contributed by atoms with Gasteiger partial charge in [0.25, 0.3) is 0 Å². The molecule has 2 aromatic rings. The minimum absolute atomic E-state index is 0.0189. The number of rotatable bonds is 4. The predicted octanol–water partition coefficient (Wildman–Crippen LogP) is 3.52. The Balaban J connectivity index is 1.73. The van der Waals surface area contributed by atoms with Crippen molar-refractivity contribution >= 4 is 11.9 Å². The lowest BCUT2D eigenvalue weighted by Crippen LogP contribution is -2.41. The number of carboxylic acids is 1. The summed E-state index contributed by atoms with van der Waals surface area (Å²) in [6.45, 7) is 2.92. The van der Waals surface area contributed by atoms with Crippen LogP contribution in [0.3, 0.4) is 0 Å². The first-order valence-electron chi connectivity index (χ1n) is 8.19. The van der Waals surface area contributed by atoms with Gasteiger partial charge in [-0.3, -0.25) is 4.79 Å². The lowest BCUT2D eigenvalue weighted by atomic mass is 9.90. The number of carbonyl (C=O) groups is 2. The van der Waals surface area contributed by atoms with E-state index in [2.05, 4.69) is 6.92 Å². The average molecular weight is 327 g/mol. The fourth-order valence-corrected chi connectivity index (χ4v) is 3.23. The van der Waals surface area contributed by atoms with Gasteiger partial charge in [0.15, 0.2) is 0 Å². The molecule has 0 aliphatic carbocycles. The maximum atomic E-state index is 12.8. The van der Waals surface area contributed by atoms with Crippen molar-refractivity contribution in [3.05, 3.63) is 59.5 Å². The molecule has 1 aliphatic rings. The zero-order valence-corrected chi connectivity index (χ0v) is 13.6. The van der Waals surface area contributed by atoms with Gasteiger partial charge in [-0.05, 0) is 48.6 Å². The number of amides is 1. The molecule has 0 radical (unpaired) electrons. The summed E-state index contributed by atoms with van der Waals surface area (Å²) in [4.78, 5) is 25.6. The molecule has 5 heteroatoms. The third-order valence-corrected chi connectivity index (χ3v) is 4.61. The molecule has 1 amide bonds. The Morgan fingerprint density at radius 3 is 2.62 bits per heavy atom. The molecule has 24 heavy (non-hydrogen) atoms. The highest BCUT2D eigenvalue weighted by Crippen LogP contribution is 2.34. The molecule has 1 saturated heterocycles. The van der Waals surface area contributed by atoms with Crippen molar-refractivity contribution in [1.29, 1.82) is 0 Å². The van der Waals surface area contributed by atoms with Gasteiger partial charge in [0, 0.05) is 6.54 Å². The number of aromatic carboxylic acids is 1. The van der Waals surface area contributed by atoms with Crippen molar-refractivity contribution in [1.82, 2.24) is 4.90 Å². The molecular weight excluding hydrogens is 306 g/mol. The highest BCUT2D eigenvalue weighted by atomic mass is 16.4. The summed E-state index contributed by atoms with van der Waals surface area (Å²) in [5, 5.41) is 8.94. The highest BCUT2D eigenvalue weighted by molar-refractivity contribution is 5.87. The summed E-state index contributed by atoms with van der Waals surface area (Å²) in [6.07, 6.45) is 3.80. The molecule has 1 aliphatic heterocycles. The van der Waals surface area contributed by atoms with Gasteiger partial charge >= 0.3 is 5.97 Å². The van der Waals surface area contributed by atoms with Gasteiger partial charge in [-0.15, -0.1) is 0 Å². The lowest BCUT2D eigenvalue weighted by Gasteiger charge is -2.37. The largest absolute Gasteiger partial charge is 0.478 e. The molecule has 1 N–H and O–H groups in total. The van der Waals surface area contributed by atoms with Gasteiger partial charge in [0.05, 0.1) is 24.3 Å². The number of likely N-dealkylation sites (tertiary alicyclic amines) is 1. The van der Waals surface area contributed by atoms with Crippen molar-refractivity contribution < 1.29 is 19.1 Å². The highest BCUT2D eigenvalue weighted by Gasteiger charge is 2.32. The Kier molecular flexibility index (Phi) is 4.69. The number of nitrogens with zero attached hydrogens (tertiary/aromatic N) is 1. The van der Waals surface area contributed by atoms with Crippen LogP contribution in [0.2, 0.25) is 0 Å². The number of carboxylic acid groups (broad SMARTS) is 1. The van der Waals surface area contributed by atoms with Crippen LogP contribution in [0.1, 0.15) is 47.5 Å². The summed E-state index contributed by atoms with van der Waals surface area (Å²) in [5.41, 5.74) is 1.05. The first-order chi connectivity index (χ1) is 11.5. The summed E-state index contributed by atoms with van der Waals surface area (Å²) < 4.78 is 5.53. The van der Waals surface area contributed by atoms with Crippen molar-refractivity contribution in [2.45, 2.75) is 32.2 Å². The third kappa shape index (κ3) is 3.50. The van der Waals surface area contributed by atoms with Gasteiger partial charge in [-0.25, -0.2) is 4.79 Å². The SMILES string of the molecule is C[C@@H]1CCN(C(=O)Cc2ccc(C(=O)O)cc2)[C@@H](c2ccco2)C1. The third-order valence-electron chi connectivity index (χ3n) is 4.61. The van der Waals surface area contributed by atoms with Crippen LogP contribution in [0.25, 0.3) is 0 Å². The zero-order valence-electron chi connectivity index (χ0n) is 13.6. The molecule has 5 nitrogen and oxygen atoms in total. The van der Waals surface area contributed by atoms with E-state index in [0.29, 0.717) is 5.92 Å². The van der Waals surface area contributed by atoms with Gasteiger partial charge in [0.2, 0.25) is 5.91 Å². The monoisotopic (exact) mass is 327 g/mol. The van der Waals surface area contributed by atoms with Crippen molar-refractivity contribution in [2.75, 3.05) is 6.54 Å². The van der Waals surface area contributed by atoms with Crippen LogP contribution in [0, 0.1) is 5.92 Å². The molecule has 0 unspecified atom stereocenters. The Bertz CT molecular complexity index is 705. The maximum Gasteiger partial charge on any atom is 0.335 e. The van der Waals surface area contributed by atoms with Crippen LogP contribution in [0.4, 0.5) is 0 Å². The second-order valence-electron chi connectivity index (χ2n) is 6.43. The number of hydrogen-bond acceptors (Lipinski definition) is 3. The number of hydrogen-bond donors (Lipinski definition) is 1. The fourth-order valence-electron chi connectivity index (χ4n) is 3.23. The fraction of sp³-hybridized carbons (Fsp3) is 0.368. The molecule has 2 atom stereocenters. The lowest BCUT2D eigenvalue weighted by molar-refractivity contribution is -0.135. The Hall–Kier alpha value is -2.56. The molecule has 126 valence electrons. The van der Waals surface area contributed by atoms with E-state index in [4.69, 9.17) is 9.52 Å². The molecular formula is C19H21NO4. The summed E-state index contributed by atoms with van der Waals surface area (Å²) in [7, 11) is 0. The van der Waals surface area contributed by atoms with E-state index in [1.54, 1.807) is 18.4 Å². The van der Waals surface area contributed by atoms with E-state index in [1.807, 2.05) is 17.0 Å². The average Bonchev–Trinajstić information content (AvgIpc) is 3.09. The van der Waals surface area contributed by atoms with Gasteiger partial charge < -0.3 is 14.4 Å². The van der Waals surface area contributed by atoms with Crippen molar-refractivity contribution in [2.24, 2.45) is 5.92 Å². The minimum Gasteiger partial charge on any atom is -0.478 e. The smallest absolute Gasteiger partial charge is 0.335 e. The molecule has 0 saturated carbocycles. The second kappa shape index (κ2) is 6.91. The normalized spacial score (nSPS) is 20.8. The number of carbonyl (C=O) groups excluding carboxylic acids is 1. The number of benzene rings is 1. The van der Waals surface area contributed by atoms with Gasteiger partial charge in [0.1, 0.15) is 5.76 Å². The molecule has 1 fully saturated rings.